The summed E-state index contributed by atoms with van der Waals surface area (Å²) in [5.74, 6) is 3.33. The molecule has 94 valence electrons. The van der Waals surface area contributed by atoms with Crippen LogP contribution in [0.25, 0.3) is 0 Å². The van der Waals surface area contributed by atoms with Gasteiger partial charge in [0.2, 0.25) is 0 Å². The minimum atomic E-state index is 0.107. The number of nitrogen functional groups attached to an aromatic ring is 1. The molecule has 0 spiro atoms. The summed E-state index contributed by atoms with van der Waals surface area (Å²) in [7, 11) is 1.92. The van der Waals surface area contributed by atoms with Crippen molar-refractivity contribution < 1.29 is 0 Å². The summed E-state index contributed by atoms with van der Waals surface area (Å²) in [4.78, 5) is 2.31. The molecule has 1 aliphatic rings. The fourth-order valence-electron chi connectivity index (χ4n) is 2.33. The second-order valence-corrected chi connectivity index (χ2v) is 5.59. The minimum Gasteiger partial charge on any atom is -0.384 e. The van der Waals surface area contributed by atoms with Crippen molar-refractivity contribution in [2.45, 2.75) is 19.9 Å². The van der Waals surface area contributed by atoms with Crippen LogP contribution in [0.4, 0.5) is 5.82 Å². The smallest absolute Gasteiger partial charge is 0.138 e. The second-order valence-electron chi connectivity index (χ2n) is 4.44. The van der Waals surface area contributed by atoms with Gasteiger partial charge in [0.15, 0.2) is 0 Å². The molecule has 0 aliphatic carbocycles. The quantitative estimate of drug-likeness (QED) is 0.608. The van der Waals surface area contributed by atoms with Gasteiger partial charge in [-0.2, -0.15) is 16.9 Å². The highest BCUT2D eigenvalue weighted by Gasteiger charge is 2.26. The molecular formula is C11H19N5S. The van der Waals surface area contributed by atoms with Gasteiger partial charge in [-0.1, -0.05) is 0 Å². The average molecular weight is 253 g/mol. The molecule has 5 nitrogen and oxygen atoms in total. The number of aromatic nitrogens is 2. The zero-order valence-corrected chi connectivity index (χ0v) is 11.3. The van der Waals surface area contributed by atoms with Crippen molar-refractivity contribution in [2.24, 2.45) is 12.8 Å². The Morgan fingerprint density at radius 2 is 2.29 bits per heavy atom. The Balaban J connectivity index is 2.46. The summed E-state index contributed by atoms with van der Waals surface area (Å²) >= 11 is 1.97. The fraction of sp³-hybridized carbons (Fsp3) is 0.636. The van der Waals surface area contributed by atoms with Crippen molar-refractivity contribution in [3.05, 3.63) is 11.3 Å². The molecule has 0 bridgehead atoms. The molecule has 1 aromatic heterocycles. The summed E-state index contributed by atoms with van der Waals surface area (Å²) in [5.41, 5.74) is 7.30. The minimum absolute atomic E-state index is 0.107. The van der Waals surface area contributed by atoms with Gasteiger partial charge >= 0.3 is 0 Å². The Morgan fingerprint density at radius 1 is 1.59 bits per heavy atom. The maximum atomic E-state index is 7.71. The predicted molar refractivity (Wildman–Crippen MR) is 73.1 cm³/mol. The van der Waals surface area contributed by atoms with Crippen LogP contribution in [0.2, 0.25) is 0 Å². The van der Waals surface area contributed by atoms with E-state index < -0.39 is 0 Å². The van der Waals surface area contributed by atoms with E-state index in [1.54, 1.807) is 0 Å². The Kier molecular flexibility index (Phi) is 3.33. The molecule has 0 amide bonds. The molecule has 1 aromatic rings. The molecule has 1 atom stereocenters. The standard InChI is InChI=1S/C11H19N5S/c1-7-6-17-5-4-16(7)11-9(10(12)13)8(2)14-15(11)3/h7H,4-6H2,1-3H3,(H3,12,13). The van der Waals surface area contributed by atoms with Crippen LogP contribution in [-0.4, -0.2) is 39.7 Å². The molecule has 2 heterocycles. The zero-order valence-electron chi connectivity index (χ0n) is 10.5. The first-order chi connectivity index (χ1) is 8.02. The van der Waals surface area contributed by atoms with Gasteiger partial charge in [0.05, 0.1) is 11.3 Å². The number of amidine groups is 1. The van der Waals surface area contributed by atoms with E-state index in [4.69, 9.17) is 11.1 Å². The van der Waals surface area contributed by atoms with E-state index in [0.717, 1.165) is 35.1 Å². The number of hydrogen-bond donors (Lipinski definition) is 2. The maximum Gasteiger partial charge on any atom is 0.138 e. The molecule has 17 heavy (non-hydrogen) atoms. The van der Waals surface area contributed by atoms with Crippen LogP contribution in [0.1, 0.15) is 18.2 Å². The number of thioether (sulfide) groups is 1. The third-order valence-corrected chi connectivity index (χ3v) is 4.29. The zero-order chi connectivity index (χ0) is 12.6. The third kappa shape index (κ3) is 2.13. The Morgan fingerprint density at radius 3 is 2.88 bits per heavy atom. The molecule has 2 rings (SSSR count). The lowest BCUT2D eigenvalue weighted by Gasteiger charge is -2.35. The second kappa shape index (κ2) is 4.60. The van der Waals surface area contributed by atoms with Crippen LogP contribution >= 0.6 is 11.8 Å². The van der Waals surface area contributed by atoms with Gasteiger partial charge in [-0.15, -0.1) is 0 Å². The lowest BCUT2D eigenvalue weighted by atomic mass is 10.2. The van der Waals surface area contributed by atoms with Crippen LogP contribution in [0.5, 0.6) is 0 Å². The Labute approximate surface area is 106 Å². The van der Waals surface area contributed by atoms with Gasteiger partial charge in [-0.05, 0) is 13.8 Å². The van der Waals surface area contributed by atoms with E-state index in [9.17, 15) is 0 Å². The lowest BCUT2D eigenvalue weighted by Crippen LogP contribution is -2.42. The van der Waals surface area contributed by atoms with Crippen molar-refractivity contribution >= 4 is 23.4 Å². The Hall–Kier alpha value is -1.17. The molecule has 3 N–H and O–H groups in total. The molecule has 1 fully saturated rings. The fourth-order valence-corrected chi connectivity index (χ4v) is 3.35. The van der Waals surface area contributed by atoms with Crippen molar-refractivity contribution in [1.82, 2.24) is 9.78 Å². The van der Waals surface area contributed by atoms with E-state index in [0.29, 0.717) is 6.04 Å². The van der Waals surface area contributed by atoms with E-state index in [-0.39, 0.29) is 5.84 Å². The van der Waals surface area contributed by atoms with Crippen molar-refractivity contribution in [1.29, 1.82) is 5.41 Å². The van der Waals surface area contributed by atoms with E-state index in [2.05, 4.69) is 16.9 Å². The van der Waals surface area contributed by atoms with Crippen molar-refractivity contribution in [3.63, 3.8) is 0 Å². The number of rotatable bonds is 2. The number of nitrogens with one attached hydrogen (secondary N) is 1. The molecular weight excluding hydrogens is 234 g/mol. The average Bonchev–Trinajstić information content (AvgIpc) is 2.54. The highest BCUT2D eigenvalue weighted by Crippen LogP contribution is 2.28. The molecule has 0 saturated carbocycles. The van der Waals surface area contributed by atoms with Gasteiger partial charge in [0, 0.05) is 31.1 Å². The van der Waals surface area contributed by atoms with Gasteiger partial charge in [0.25, 0.3) is 0 Å². The lowest BCUT2D eigenvalue weighted by molar-refractivity contribution is 0.647. The predicted octanol–water partition coefficient (Wildman–Crippen LogP) is 0.954. The first-order valence-electron chi connectivity index (χ1n) is 5.74. The van der Waals surface area contributed by atoms with Crippen LogP contribution in [0.15, 0.2) is 0 Å². The third-order valence-electron chi connectivity index (χ3n) is 3.10. The van der Waals surface area contributed by atoms with Crippen molar-refractivity contribution in [2.75, 3.05) is 23.0 Å². The van der Waals surface area contributed by atoms with Crippen LogP contribution < -0.4 is 10.6 Å². The van der Waals surface area contributed by atoms with Gasteiger partial charge in [-0.3, -0.25) is 10.1 Å². The van der Waals surface area contributed by atoms with Gasteiger partial charge in [0.1, 0.15) is 11.7 Å². The summed E-state index contributed by atoms with van der Waals surface area (Å²) in [5, 5.41) is 12.1. The summed E-state index contributed by atoms with van der Waals surface area (Å²) in [6, 6.07) is 0.460. The summed E-state index contributed by atoms with van der Waals surface area (Å²) in [6.45, 7) is 5.10. The molecule has 1 aliphatic heterocycles. The van der Waals surface area contributed by atoms with Crippen molar-refractivity contribution in [3.8, 4) is 0 Å². The van der Waals surface area contributed by atoms with Crippen LogP contribution in [-0.2, 0) is 7.05 Å². The first kappa shape index (κ1) is 12.3. The van der Waals surface area contributed by atoms with E-state index in [1.807, 2.05) is 30.4 Å². The highest BCUT2D eigenvalue weighted by molar-refractivity contribution is 7.99. The maximum absolute atomic E-state index is 7.71. The highest BCUT2D eigenvalue weighted by atomic mass is 32.2. The molecule has 1 saturated heterocycles. The molecule has 1 unspecified atom stereocenters. The first-order valence-corrected chi connectivity index (χ1v) is 6.90. The van der Waals surface area contributed by atoms with E-state index in [1.165, 1.54) is 0 Å². The van der Waals surface area contributed by atoms with Crippen LogP contribution in [0, 0.1) is 12.3 Å². The largest absolute Gasteiger partial charge is 0.384 e. The van der Waals surface area contributed by atoms with Gasteiger partial charge < -0.3 is 10.6 Å². The normalized spacial score (nSPS) is 20.6. The summed E-state index contributed by atoms with van der Waals surface area (Å²) in [6.07, 6.45) is 0. The van der Waals surface area contributed by atoms with Gasteiger partial charge in [-0.25, -0.2) is 0 Å². The SMILES string of the molecule is Cc1nn(C)c(N2CCSCC2C)c1C(=N)N. The molecule has 6 heteroatoms. The number of nitrogens with two attached hydrogens (primary N) is 1. The number of nitrogens with zero attached hydrogens (tertiary/aromatic N) is 3. The molecule has 0 aromatic carbocycles. The number of anilines is 1. The van der Waals surface area contributed by atoms with Crippen LogP contribution in [0.3, 0.4) is 0 Å². The number of hydrogen-bond acceptors (Lipinski definition) is 4. The monoisotopic (exact) mass is 253 g/mol. The number of aryl methyl sites for hydroxylation is 2. The summed E-state index contributed by atoms with van der Waals surface area (Å²) < 4.78 is 1.85. The molecule has 0 radical (unpaired) electrons. The topological polar surface area (TPSA) is 70.9 Å². The van der Waals surface area contributed by atoms with E-state index >= 15 is 0 Å². The Bertz CT molecular complexity index is 439.